The summed E-state index contributed by atoms with van der Waals surface area (Å²) in [6, 6.07) is 1.74. The minimum atomic E-state index is 0.613. The molecule has 0 radical (unpaired) electrons. The fraction of sp³-hybridized carbons (Fsp3) is 1.00. The molecule has 0 spiro atoms. The maximum absolute atomic E-state index is 3.87. The highest BCUT2D eigenvalue weighted by Gasteiger charge is 2.49. The minimum Gasteiger partial charge on any atom is -0.310 e. The molecular weight excluding hydrogens is 158 g/mol. The van der Waals surface area contributed by atoms with Crippen LogP contribution < -0.4 is 5.32 Å². The van der Waals surface area contributed by atoms with Crippen molar-refractivity contribution in [2.45, 2.75) is 58.0 Å². The Morgan fingerprint density at radius 3 is 2.38 bits per heavy atom. The predicted octanol–water partition coefficient (Wildman–Crippen LogP) is 2.56. The molecule has 0 aromatic heterocycles. The van der Waals surface area contributed by atoms with Gasteiger partial charge >= 0.3 is 0 Å². The van der Waals surface area contributed by atoms with E-state index in [-0.39, 0.29) is 0 Å². The van der Waals surface area contributed by atoms with Crippen LogP contribution in [0.1, 0.15) is 46.0 Å². The van der Waals surface area contributed by atoms with Gasteiger partial charge in [0.25, 0.3) is 0 Å². The summed E-state index contributed by atoms with van der Waals surface area (Å²) >= 11 is 0. The maximum atomic E-state index is 3.87. The molecule has 0 saturated heterocycles. The average Bonchev–Trinajstić information content (AvgIpc) is 2.55. The molecule has 3 aliphatic carbocycles. The van der Waals surface area contributed by atoms with Crippen LogP contribution in [0.15, 0.2) is 0 Å². The summed E-state index contributed by atoms with van der Waals surface area (Å²) < 4.78 is 0. The van der Waals surface area contributed by atoms with Gasteiger partial charge in [0.15, 0.2) is 0 Å². The van der Waals surface area contributed by atoms with Gasteiger partial charge in [0.1, 0.15) is 0 Å². The van der Waals surface area contributed by atoms with Crippen molar-refractivity contribution in [1.82, 2.24) is 5.32 Å². The summed E-state index contributed by atoms with van der Waals surface area (Å²) in [4.78, 5) is 0. The van der Waals surface area contributed by atoms with E-state index in [2.05, 4.69) is 19.2 Å². The summed E-state index contributed by atoms with van der Waals surface area (Å²) in [6.45, 7) is 4.77. The van der Waals surface area contributed by atoms with Crippen LogP contribution >= 0.6 is 0 Å². The first-order valence-electron chi connectivity index (χ1n) is 5.91. The molecule has 13 heavy (non-hydrogen) atoms. The van der Waals surface area contributed by atoms with Gasteiger partial charge in [0.2, 0.25) is 0 Å². The zero-order chi connectivity index (χ0) is 9.05. The van der Waals surface area contributed by atoms with Crippen molar-refractivity contribution in [2.24, 2.45) is 17.3 Å². The number of rotatable bonds is 2. The Hall–Kier alpha value is -0.0400. The predicted molar refractivity (Wildman–Crippen MR) is 54.6 cm³/mol. The van der Waals surface area contributed by atoms with E-state index >= 15 is 0 Å². The van der Waals surface area contributed by atoms with Gasteiger partial charge in [-0.2, -0.15) is 0 Å². The molecule has 1 heteroatoms. The van der Waals surface area contributed by atoms with E-state index in [1.165, 1.54) is 32.1 Å². The van der Waals surface area contributed by atoms with Crippen molar-refractivity contribution in [1.29, 1.82) is 0 Å². The van der Waals surface area contributed by atoms with Crippen LogP contribution in [0.5, 0.6) is 0 Å². The standard InChI is InChI=1S/C12H21N/c1-12(2)7-11(12)13-10-6-8-3-4-9(10)5-8/h8-11,13H,3-7H2,1-2H3. The van der Waals surface area contributed by atoms with Crippen LogP contribution in [0, 0.1) is 17.3 Å². The van der Waals surface area contributed by atoms with E-state index in [0.717, 1.165) is 23.9 Å². The maximum Gasteiger partial charge on any atom is 0.0127 e. The summed E-state index contributed by atoms with van der Waals surface area (Å²) in [5.74, 6) is 2.13. The molecule has 0 aromatic carbocycles. The van der Waals surface area contributed by atoms with E-state index < -0.39 is 0 Å². The van der Waals surface area contributed by atoms with Gasteiger partial charge in [-0.15, -0.1) is 0 Å². The molecule has 3 aliphatic rings. The van der Waals surface area contributed by atoms with Crippen LogP contribution in [-0.2, 0) is 0 Å². The van der Waals surface area contributed by atoms with Crippen molar-refractivity contribution in [2.75, 3.05) is 0 Å². The Bertz CT molecular complexity index is 221. The zero-order valence-corrected chi connectivity index (χ0v) is 8.84. The molecule has 3 rings (SSSR count). The third-order valence-electron chi connectivity index (χ3n) is 4.67. The summed E-state index contributed by atoms with van der Waals surface area (Å²) in [7, 11) is 0. The number of hydrogen-bond donors (Lipinski definition) is 1. The molecule has 2 bridgehead atoms. The van der Waals surface area contributed by atoms with Crippen molar-refractivity contribution < 1.29 is 0 Å². The molecule has 0 aliphatic heterocycles. The first-order chi connectivity index (χ1) is 6.15. The van der Waals surface area contributed by atoms with Gasteiger partial charge in [-0.1, -0.05) is 20.3 Å². The molecule has 4 atom stereocenters. The topological polar surface area (TPSA) is 12.0 Å². The average molecular weight is 179 g/mol. The van der Waals surface area contributed by atoms with Crippen LogP contribution in [0.4, 0.5) is 0 Å². The van der Waals surface area contributed by atoms with Gasteiger partial charge in [0, 0.05) is 12.1 Å². The lowest BCUT2D eigenvalue weighted by molar-refractivity contribution is 0.336. The lowest BCUT2D eigenvalue weighted by atomic mass is 9.95. The van der Waals surface area contributed by atoms with Crippen LogP contribution in [0.25, 0.3) is 0 Å². The quantitative estimate of drug-likeness (QED) is 0.687. The third kappa shape index (κ3) is 1.32. The van der Waals surface area contributed by atoms with E-state index in [0.29, 0.717) is 5.41 Å². The first kappa shape index (κ1) is 8.28. The molecule has 1 nitrogen and oxygen atoms in total. The highest BCUT2D eigenvalue weighted by atomic mass is 15.0. The smallest absolute Gasteiger partial charge is 0.0127 e. The molecule has 4 unspecified atom stereocenters. The number of hydrogen-bond acceptors (Lipinski definition) is 1. The van der Waals surface area contributed by atoms with Gasteiger partial charge < -0.3 is 5.32 Å². The Morgan fingerprint density at radius 1 is 1.15 bits per heavy atom. The van der Waals surface area contributed by atoms with Crippen molar-refractivity contribution >= 4 is 0 Å². The van der Waals surface area contributed by atoms with Crippen LogP contribution in [0.3, 0.4) is 0 Å². The second-order valence-corrected chi connectivity index (χ2v) is 6.19. The van der Waals surface area contributed by atoms with Crippen molar-refractivity contribution in [3.63, 3.8) is 0 Å². The summed E-state index contributed by atoms with van der Waals surface area (Å²) in [5, 5.41) is 3.87. The van der Waals surface area contributed by atoms with Gasteiger partial charge in [-0.05, 0) is 42.9 Å². The minimum absolute atomic E-state index is 0.613. The summed E-state index contributed by atoms with van der Waals surface area (Å²) in [6.07, 6.45) is 7.45. The first-order valence-corrected chi connectivity index (χ1v) is 5.91. The van der Waals surface area contributed by atoms with Crippen molar-refractivity contribution in [3.8, 4) is 0 Å². The lowest BCUT2D eigenvalue weighted by Crippen LogP contribution is -2.37. The van der Waals surface area contributed by atoms with Crippen LogP contribution in [-0.4, -0.2) is 12.1 Å². The molecule has 0 heterocycles. The van der Waals surface area contributed by atoms with Crippen molar-refractivity contribution in [3.05, 3.63) is 0 Å². The van der Waals surface area contributed by atoms with E-state index in [1.807, 2.05) is 0 Å². The highest BCUT2D eigenvalue weighted by Crippen LogP contribution is 2.49. The van der Waals surface area contributed by atoms with Gasteiger partial charge in [-0.25, -0.2) is 0 Å². The van der Waals surface area contributed by atoms with E-state index in [9.17, 15) is 0 Å². The second kappa shape index (κ2) is 2.50. The Labute approximate surface area is 81.3 Å². The van der Waals surface area contributed by atoms with E-state index in [4.69, 9.17) is 0 Å². The number of nitrogens with one attached hydrogen (secondary N) is 1. The molecule has 1 N–H and O–H groups in total. The fourth-order valence-corrected chi connectivity index (χ4v) is 3.46. The largest absolute Gasteiger partial charge is 0.310 e. The monoisotopic (exact) mass is 179 g/mol. The van der Waals surface area contributed by atoms with E-state index in [1.54, 1.807) is 0 Å². The third-order valence-corrected chi connectivity index (χ3v) is 4.67. The highest BCUT2D eigenvalue weighted by molar-refractivity contribution is 5.05. The normalized spacial score (nSPS) is 51.2. The zero-order valence-electron chi connectivity index (χ0n) is 8.84. The Morgan fingerprint density at radius 2 is 1.92 bits per heavy atom. The molecular formula is C12H21N. The fourth-order valence-electron chi connectivity index (χ4n) is 3.46. The lowest BCUT2D eigenvalue weighted by Gasteiger charge is -2.23. The SMILES string of the molecule is CC1(C)CC1NC1CC2CCC1C2. The molecule has 3 fully saturated rings. The second-order valence-electron chi connectivity index (χ2n) is 6.19. The Kier molecular flexibility index (Phi) is 1.59. The molecule has 0 aromatic rings. The number of fused-ring (bicyclic) bond motifs is 2. The van der Waals surface area contributed by atoms with Gasteiger partial charge in [0.05, 0.1) is 0 Å². The molecule has 0 amide bonds. The molecule has 3 saturated carbocycles. The summed E-state index contributed by atoms with van der Waals surface area (Å²) in [5.41, 5.74) is 0.613. The molecule has 74 valence electrons. The van der Waals surface area contributed by atoms with Gasteiger partial charge in [-0.3, -0.25) is 0 Å². The van der Waals surface area contributed by atoms with Crippen LogP contribution in [0.2, 0.25) is 0 Å². The Balaban J connectivity index is 1.57.